The van der Waals surface area contributed by atoms with E-state index in [9.17, 15) is 0 Å². The standard InChI is InChI=1S/C5H9IN2/c1-3-4(2)7-8-5(3)6/h5,7-8H,1-2H3. The van der Waals surface area contributed by atoms with Crippen LogP contribution in [-0.4, -0.2) is 4.05 Å². The SMILES string of the molecule is CC1=C(C)C(I)NN1. The molecule has 0 saturated heterocycles. The molecular weight excluding hydrogens is 215 g/mol. The summed E-state index contributed by atoms with van der Waals surface area (Å²) < 4.78 is 0.479. The van der Waals surface area contributed by atoms with Crippen LogP contribution in [0.1, 0.15) is 13.8 Å². The number of alkyl halides is 1. The van der Waals surface area contributed by atoms with Gasteiger partial charge in [-0.1, -0.05) is 22.6 Å². The summed E-state index contributed by atoms with van der Waals surface area (Å²) in [6, 6.07) is 0. The van der Waals surface area contributed by atoms with Crippen LogP contribution >= 0.6 is 22.6 Å². The van der Waals surface area contributed by atoms with E-state index < -0.39 is 0 Å². The zero-order chi connectivity index (χ0) is 6.15. The molecule has 0 fully saturated rings. The smallest absolute Gasteiger partial charge is 0.100 e. The van der Waals surface area contributed by atoms with E-state index in [-0.39, 0.29) is 0 Å². The van der Waals surface area contributed by atoms with E-state index in [0.29, 0.717) is 4.05 Å². The molecule has 0 spiro atoms. The van der Waals surface area contributed by atoms with Gasteiger partial charge in [0.2, 0.25) is 0 Å². The van der Waals surface area contributed by atoms with Gasteiger partial charge < -0.3 is 5.43 Å². The van der Waals surface area contributed by atoms with E-state index in [1.54, 1.807) is 0 Å². The Morgan fingerprint density at radius 3 is 2.25 bits per heavy atom. The number of nitrogens with one attached hydrogen (secondary N) is 2. The molecule has 1 aliphatic heterocycles. The van der Waals surface area contributed by atoms with Crippen molar-refractivity contribution in [3.05, 3.63) is 11.3 Å². The molecule has 3 heteroatoms. The number of hydrogen-bond donors (Lipinski definition) is 2. The van der Waals surface area contributed by atoms with Crippen molar-refractivity contribution >= 4 is 22.6 Å². The average molecular weight is 224 g/mol. The van der Waals surface area contributed by atoms with E-state index in [4.69, 9.17) is 0 Å². The van der Waals surface area contributed by atoms with Crippen molar-refractivity contribution in [3.8, 4) is 0 Å². The molecule has 8 heavy (non-hydrogen) atoms. The molecule has 0 radical (unpaired) electrons. The highest BCUT2D eigenvalue weighted by Gasteiger charge is 2.13. The van der Waals surface area contributed by atoms with Gasteiger partial charge in [0.1, 0.15) is 4.05 Å². The van der Waals surface area contributed by atoms with Crippen LogP contribution in [0.15, 0.2) is 11.3 Å². The third-order valence-electron chi connectivity index (χ3n) is 1.36. The minimum atomic E-state index is 0.479. The van der Waals surface area contributed by atoms with Gasteiger partial charge in [0.25, 0.3) is 0 Å². The first kappa shape index (κ1) is 6.35. The minimum absolute atomic E-state index is 0.479. The summed E-state index contributed by atoms with van der Waals surface area (Å²) in [5, 5.41) is 0. The van der Waals surface area contributed by atoms with Gasteiger partial charge in [-0.25, -0.2) is 5.43 Å². The predicted molar refractivity (Wildman–Crippen MR) is 42.5 cm³/mol. The summed E-state index contributed by atoms with van der Waals surface area (Å²) in [6.45, 7) is 4.19. The number of hydrazine groups is 1. The quantitative estimate of drug-likeness (QED) is 0.366. The van der Waals surface area contributed by atoms with Crippen molar-refractivity contribution in [3.63, 3.8) is 0 Å². The lowest BCUT2D eigenvalue weighted by molar-refractivity contribution is 0.684. The first-order chi connectivity index (χ1) is 3.72. The fourth-order valence-corrected chi connectivity index (χ4v) is 1.19. The Morgan fingerprint density at radius 1 is 1.50 bits per heavy atom. The topological polar surface area (TPSA) is 24.1 Å². The van der Waals surface area contributed by atoms with Crippen LogP contribution < -0.4 is 10.9 Å². The van der Waals surface area contributed by atoms with Crippen LogP contribution in [0.25, 0.3) is 0 Å². The van der Waals surface area contributed by atoms with Crippen molar-refractivity contribution in [1.82, 2.24) is 10.9 Å². The molecule has 0 amide bonds. The second-order valence-electron chi connectivity index (χ2n) is 1.94. The Kier molecular flexibility index (Phi) is 1.77. The third kappa shape index (κ3) is 0.974. The van der Waals surface area contributed by atoms with Gasteiger partial charge >= 0.3 is 0 Å². The highest BCUT2D eigenvalue weighted by atomic mass is 127. The lowest BCUT2D eigenvalue weighted by Gasteiger charge is -1.98. The highest BCUT2D eigenvalue weighted by molar-refractivity contribution is 14.1. The Bertz CT molecular complexity index is 130. The van der Waals surface area contributed by atoms with E-state index in [2.05, 4.69) is 47.3 Å². The summed E-state index contributed by atoms with van der Waals surface area (Å²) in [7, 11) is 0. The number of halogens is 1. The van der Waals surface area contributed by atoms with E-state index >= 15 is 0 Å². The molecule has 2 N–H and O–H groups in total. The Hall–Kier alpha value is 0.230. The zero-order valence-corrected chi connectivity index (χ0v) is 7.11. The van der Waals surface area contributed by atoms with Crippen LogP contribution in [0.4, 0.5) is 0 Å². The third-order valence-corrected chi connectivity index (χ3v) is 2.60. The first-order valence-electron chi connectivity index (χ1n) is 2.55. The Balaban J connectivity index is 2.71. The van der Waals surface area contributed by atoms with Crippen molar-refractivity contribution in [2.24, 2.45) is 0 Å². The molecule has 46 valence electrons. The number of rotatable bonds is 0. The van der Waals surface area contributed by atoms with Crippen LogP contribution in [0, 0.1) is 0 Å². The molecule has 0 aromatic carbocycles. The van der Waals surface area contributed by atoms with E-state index in [1.807, 2.05) is 0 Å². The lowest BCUT2D eigenvalue weighted by Crippen LogP contribution is -2.27. The maximum absolute atomic E-state index is 3.08. The second-order valence-corrected chi connectivity index (χ2v) is 3.19. The van der Waals surface area contributed by atoms with Gasteiger partial charge in [0, 0.05) is 5.70 Å². The summed E-state index contributed by atoms with van der Waals surface area (Å²) in [5.74, 6) is 0. The van der Waals surface area contributed by atoms with Gasteiger partial charge in [-0.15, -0.1) is 0 Å². The molecule has 1 rings (SSSR count). The molecule has 1 aliphatic rings. The van der Waals surface area contributed by atoms with Crippen molar-refractivity contribution in [2.45, 2.75) is 17.9 Å². The molecule has 1 unspecified atom stereocenters. The first-order valence-corrected chi connectivity index (χ1v) is 3.79. The second kappa shape index (κ2) is 2.23. The summed E-state index contributed by atoms with van der Waals surface area (Å²) in [6.07, 6.45) is 0. The van der Waals surface area contributed by atoms with Crippen LogP contribution in [0.5, 0.6) is 0 Å². The van der Waals surface area contributed by atoms with Crippen LogP contribution in [0.3, 0.4) is 0 Å². The van der Waals surface area contributed by atoms with Crippen molar-refractivity contribution in [2.75, 3.05) is 0 Å². The number of hydrogen-bond acceptors (Lipinski definition) is 2. The summed E-state index contributed by atoms with van der Waals surface area (Å²) >= 11 is 2.34. The van der Waals surface area contributed by atoms with Crippen LogP contribution in [0.2, 0.25) is 0 Å². The molecule has 1 heterocycles. The largest absolute Gasteiger partial charge is 0.325 e. The van der Waals surface area contributed by atoms with Crippen LogP contribution in [-0.2, 0) is 0 Å². The molecular formula is C5H9IN2. The van der Waals surface area contributed by atoms with Crippen molar-refractivity contribution < 1.29 is 0 Å². The molecule has 2 nitrogen and oxygen atoms in total. The summed E-state index contributed by atoms with van der Waals surface area (Å²) in [5.41, 5.74) is 8.77. The molecule has 0 saturated carbocycles. The Morgan fingerprint density at radius 2 is 2.12 bits per heavy atom. The minimum Gasteiger partial charge on any atom is -0.325 e. The lowest BCUT2D eigenvalue weighted by atomic mass is 10.3. The van der Waals surface area contributed by atoms with Gasteiger partial charge in [0.05, 0.1) is 0 Å². The fourth-order valence-electron chi connectivity index (χ4n) is 0.569. The van der Waals surface area contributed by atoms with Gasteiger partial charge in [-0.2, -0.15) is 0 Å². The molecule has 0 bridgehead atoms. The van der Waals surface area contributed by atoms with E-state index in [1.165, 1.54) is 11.3 Å². The van der Waals surface area contributed by atoms with E-state index in [0.717, 1.165) is 0 Å². The van der Waals surface area contributed by atoms with Gasteiger partial charge in [0.15, 0.2) is 0 Å². The fraction of sp³-hybridized carbons (Fsp3) is 0.600. The highest BCUT2D eigenvalue weighted by Crippen LogP contribution is 2.15. The maximum Gasteiger partial charge on any atom is 0.100 e. The molecule has 0 aliphatic carbocycles. The number of allylic oxidation sites excluding steroid dienone is 1. The van der Waals surface area contributed by atoms with Gasteiger partial charge in [-0.3, -0.25) is 0 Å². The monoisotopic (exact) mass is 224 g/mol. The normalized spacial score (nSPS) is 28.6. The summed E-state index contributed by atoms with van der Waals surface area (Å²) in [4.78, 5) is 0. The predicted octanol–water partition coefficient (Wildman–Crippen LogP) is 1.15. The van der Waals surface area contributed by atoms with Crippen molar-refractivity contribution in [1.29, 1.82) is 0 Å². The van der Waals surface area contributed by atoms with Gasteiger partial charge in [-0.05, 0) is 19.4 Å². The zero-order valence-electron chi connectivity index (χ0n) is 4.96. The Labute approximate surface area is 62.8 Å². The molecule has 0 aromatic heterocycles. The average Bonchev–Trinajstić information content (AvgIpc) is 1.98. The maximum atomic E-state index is 3.08. The molecule has 0 aromatic rings. The molecule has 1 atom stereocenters.